The van der Waals surface area contributed by atoms with E-state index in [1.54, 1.807) is 0 Å². The highest BCUT2D eigenvalue weighted by Crippen LogP contribution is 2.18. The van der Waals surface area contributed by atoms with Crippen molar-refractivity contribution in [3.05, 3.63) is 0 Å². The molecule has 82 valence electrons. The smallest absolute Gasteiger partial charge is 0.0507 e. The van der Waals surface area contributed by atoms with Gasteiger partial charge in [0.1, 0.15) is 0 Å². The number of nitrogens with two attached hydrogens (primary N) is 1. The van der Waals surface area contributed by atoms with E-state index >= 15 is 0 Å². The van der Waals surface area contributed by atoms with E-state index < -0.39 is 0 Å². The molecule has 3 unspecified atom stereocenters. The third-order valence-corrected chi connectivity index (χ3v) is 3.43. The zero-order valence-corrected chi connectivity index (χ0v) is 8.87. The molecule has 3 nitrogen and oxygen atoms in total. The normalized spacial score (nSPS) is 38.8. The van der Waals surface area contributed by atoms with Crippen molar-refractivity contribution in [2.75, 3.05) is 19.8 Å². The van der Waals surface area contributed by atoms with Crippen LogP contribution in [0.4, 0.5) is 0 Å². The van der Waals surface area contributed by atoms with Gasteiger partial charge in [0.2, 0.25) is 0 Å². The lowest BCUT2D eigenvalue weighted by atomic mass is 9.91. The van der Waals surface area contributed by atoms with Crippen LogP contribution in [0.1, 0.15) is 32.1 Å². The molecule has 1 heterocycles. The lowest BCUT2D eigenvalue weighted by Crippen LogP contribution is -2.41. The summed E-state index contributed by atoms with van der Waals surface area (Å²) in [4.78, 5) is 0. The van der Waals surface area contributed by atoms with Crippen molar-refractivity contribution in [2.24, 2.45) is 11.7 Å². The lowest BCUT2D eigenvalue weighted by molar-refractivity contribution is 0.183. The molecule has 0 spiro atoms. The van der Waals surface area contributed by atoms with Gasteiger partial charge in [0.05, 0.1) is 6.61 Å². The average Bonchev–Trinajstić information content (AvgIpc) is 2.67. The summed E-state index contributed by atoms with van der Waals surface area (Å²) in [6, 6.07) is 1.10. The van der Waals surface area contributed by atoms with Crippen LogP contribution in [0.5, 0.6) is 0 Å². The van der Waals surface area contributed by atoms with Gasteiger partial charge in [-0.1, -0.05) is 6.42 Å². The second-order valence-electron chi connectivity index (χ2n) is 4.76. The van der Waals surface area contributed by atoms with Gasteiger partial charge in [-0.25, -0.2) is 0 Å². The maximum Gasteiger partial charge on any atom is 0.0507 e. The van der Waals surface area contributed by atoms with Crippen LogP contribution >= 0.6 is 0 Å². The maximum atomic E-state index is 5.94. The zero-order chi connectivity index (χ0) is 9.80. The highest BCUT2D eigenvalue weighted by molar-refractivity contribution is 4.81. The van der Waals surface area contributed by atoms with Crippen molar-refractivity contribution in [1.29, 1.82) is 0 Å². The van der Waals surface area contributed by atoms with E-state index in [0.29, 0.717) is 12.1 Å². The molecule has 3 N–H and O–H groups in total. The van der Waals surface area contributed by atoms with Gasteiger partial charge in [-0.05, 0) is 31.6 Å². The molecular weight excluding hydrogens is 176 g/mol. The number of nitrogens with one attached hydrogen (secondary N) is 1. The summed E-state index contributed by atoms with van der Waals surface area (Å²) in [6.07, 6.45) is 6.20. The van der Waals surface area contributed by atoms with E-state index in [0.717, 1.165) is 32.1 Å². The topological polar surface area (TPSA) is 47.3 Å². The van der Waals surface area contributed by atoms with Gasteiger partial charge in [0, 0.05) is 25.2 Å². The molecule has 1 saturated carbocycles. The monoisotopic (exact) mass is 198 g/mol. The number of hydrogen-bond acceptors (Lipinski definition) is 3. The molecule has 2 fully saturated rings. The number of ether oxygens (including phenoxy) is 1. The van der Waals surface area contributed by atoms with Gasteiger partial charge in [0.25, 0.3) is 0 Å². The molecule has 0 aromatic rings. The Morgan fingerprint density at radius 2 is 2.21 bits per heavy atom. The summed E-state index contributed by atoms with van der Waals surface area (Å²) in [5, 5.41) is 3.63. The first-order valence-electron chi connectivity index (χ1n) is 5.91. The summed E-state index contributed by atoms with van der Waals surface area (Å²) >= 11 is 0. The maximum absolute atomic E-state index is 5.94. The van der Waals surface area contributed by atoms with Crippen LogP contribution in [0, 0.1) is 5.92 Å². The van der Waals surface area contributed by atoms with Gasteiger partial charge in [0.15, 0.2) is 0 Å². The first-order valence-corrected chi connectivity index (χ1v) is 5.91. The minimum Gasteiger partial charge on any atom is -0.381 e. The van der Waals surface area contributed by atoms with Crippen molar-refractivity contribution in [1.82, 2.24) is 5.32 Å². The molecule has 0 radical (unpaired) electrons. The van der Waals surface area contributed by atoms with Crippen LogP contribution in [0.25, 0.3) is 0 Å². The van der Waals surface area contributed by atoms with E-state index in [2.05, 4.69) is 5.32 Å². The molecule has 0 aromatic carbocycles. The van der Waals surface area contributed by atoms with E-state index in [9.17, 15) is 0 Å². The van der Waals surface area contributed by atoms with Crippen LogP contribution in [-0.4, -0.2) is 31.8 Å². The minimum atomic E-state index is 0.432. The Kier molecular flexibility index (Phi) is 3.79. The molecule has 0 bridgehead atoms. The van der Waals surface area contributed by atoms with Crippen LogP contribution in [-0.2, 0) is 4.74 Å². The van der Waals surface area contributed by atoms with Crippen molar-refractivity contribution >= 4 is 0 Å². The third-order valence-electron chi connectivity index (χ3n) is 3.43. The molecule has 0 amide bonds. The van der Waals surface area contributed by atoms with Gasteiger partial charge in [-0.2, -0.15) is 0 Å². The fourth-order valence-electron chi connectivity index (χ4n) is 2.49. The Balaban J connectivity index is 1.64. The molecule has 1 aliphatic heterocycles. The standard InChI is InChI=1S/C11H22N2O/c12-10-2-1-3-11(6-10)13-7-9-4-5-14-8-9/h9-11,13H,1-8,12H2. The molecule has 1 saturated heterocycles. The second-order valence-corrected chi connectivity index (χ2v) is 4.76. The van der Waals surface area contributed by atoms with Gasteiger partial charge < -0.3 is 15.8 Å². The summed E-state index contributed by atoms with van der Waals surface area (Å²) < 4.78 is 5.35. The van der Waals surface area contributed by atoms with Crippen molar-refractivity contribution < 1.29 is 4.74 Å². The van der Waals surface area contributed by atoms with Crippen LogP contribution in [0.3, 0.4) is 0 Å². The van der Waals surface area contributed by atoms with Crippen LogP contribution < -0.4 is 11.1 Å². The molecule has 3 heteroatoms. The van der Waals surface area contributed by atoms with Gasteiger partial charge in [-0.3, -0.25) is 0 Å². The summed E-state index contributed by atoms with van der Waals surface area (Å²) in [7, 11) is 0. The highest BCUT2D eigenvalue weighted by Gasteiger charge is 2.21. The Labute approximate surface area is 86.4 Å². The van der Waals surface area contributed by atoms with Crippen molar-refractivity contribution in [2.45, 2.75) is 44.2 Å². The lowest BCUT2D eigenvalue weighted by Gasteiger charge is -2.28. The summed E-state index contributed by atoms with van der Waals surface area (Å²) in [5.41, 5.74) is 5.94. The van der Waals surface area contributed by atoms with Gasteiger partial charge >= 0.3 is 0 Å². The van der Waals surface area contributed by atoms with E-state index in [1.165, 1.54) is 25.7 Å². The Hall–Kier alpha value is -0.120. The summed E-state index contributed by atoms with van der Waals surface area (Å²) in [5.74, 6) is 0.744. The SMILES string of the molecule is NC1CCCC(NCC2CCOC2)C1. The molecule has 0 aromatic heterocycles. The Morgan fingerprint density at radius 1 is 1.29 bits per heavy atom. The Bertz CT molecular complexity index is 169. The van der Waals surface area contributed by atoms with Crippen LogP contribution in [0.2, 0.25) is 0 Å². The van der Waals surface area contributed by atoms with E-state index in [4.69, 9.17) is 10.5 Å². The summed E-state index contributed by atoms with van der Waals surface area (Å²) in [6.45, 7) is 3.03. The minimum absolute atomic E-state index is 0.432. The first kappa shape index (κ1) is 10.4. The predicted octanol–water partition coefficient (Wildman–Crippen LogP) is 0.882. The molecule has 2 aliphatic rings. The predicted molar refractivity (Wildman–Crippen MR) is 57.2 cm³/mol. The number of hydrogen-bond donors (Lipinski definition) is 2. The first-order chi connectivity index (χ1) is 6.84. The Morgan fingerprint density at radius 3 is 2.93 bits per heavy atom. The quantitative estimate of drug-likeness (QED) is 0.708. The highest BCUT2D eigenvalue weighted by atomic mass is 16.5. The largest absolute Gasteiger partial charge is 0.381 e. The second kappa shape index (κ2) is 5.10. The molecule has 3 atom stereocenters. The van der Waals surface area contributed by atoms with E-state index in [1.807, 2.05) is 0 Å². The molecule has 1 aliphatic carbocycles. The fraction of sp³-hybridized carbons (Fsp3) is 1.00. The number of rotatable bonds is 3. The van der Waals surface area contributed by atoms with Crippen LogP contribution in [0.15, 0.2) is 0 Å². The molecule has 14 heavy (non-hydrogen) atoms. The van der Waals surface area contributed by atoms with Crippen molar-refractivity contribution in [3.8, 4) is 0 Å². The average molecular weight is 198 g/mol. The third kappa shape index (κ3) is 2.94. The molecule has 2 rings (SSSR count). The zero-order valence-electron chi connectivity index (χ0n) is 8.87. The van der Waals surface area contributed by atoms with E-state index in [-0.39, 0.29) is 0 Å². The van der Waals surface area contributed by atoms with Crippen molar-refractivity contribution in [3.63, 3.8) is 0 Å². The molecular formula is C11H22N2O. The fourth-order valence-corrected chi connectivity index (χ4v) is 2.49. The van der Waals surface area contributed by atoms with Gasteiger partial charge in [-0.15, -0.1) is 0 Å².